The number of ether oxygens (including phenoxy) is 2. The number of likely N-dealkylation sites (tertiary alicyclic amines) is 1. The predicted molar refractivity (Wildman–Crippen MR) is 119 cm³/mol. The molecule has 7 heteroatoms. The molecule has 3 atom stereocenters. The molecule has 0 saturated carbocycles. The van der Waals surface area contributed by atoms with Gasteiger partial charge in [0.25, 0.3) is 0 Å². The zero-order chi connectivity index (χ0) is 17.9. The second kappa shape index (κ2) is 14.0. The van der Waals surface area contributed by atoms with Crippen molar-refractivity contribution in [1.29, 1.82) is 0 Å². The molecule has 0 aromatic rings. The summed E-state index contributed by atoms with van der Waals surface area (Å²) < 4.78 is 11.1. The van der Waals surface area contributed by atoms with E-state index in [1.54, 1.807) is 0 Å². The van der Waals surface area contributed by atoms with E-state index in [4.69, 9.17) is 9.47 Å². The molecule has 0 amide bonds. The molecule has 0 aromatic carbocycles. The van der Waals surface area contributed by atoms with Crippen molar-refractivity contribution in [3.05, 3.63) is 0 Å². The van der Waals surface area contributed by atoms with Crippen LogP contribution in [0.15, 0.2) is 4.99 Å². The first-order valence-corrected chi connectivity index (χ1v) is 10.0. The fourth-order valence-electron chi connectivity index (χ4n) is 3.57. The number of halogens is 1. The number of hydrogen-bond donors (Lipinski definition) is 2. The lowest BCUT2D eigenvalue weighted by Gasteiger charge is -2.35. The normalized spacial score (nSPS) is 25.6. The quantitative estimate of drug-likeness (QED) is 0.229. The van der Waals surface area contributed by atoms with Gasteiger partial charge in [0.15, 0.2) is 5.96 Å². The maximum absolute atomic E-state index is 5.73. The molecule has 3 unspecified atom stereocenters. The van der Waals surface area contributed by atoms with Crippen LogP contribution >= 0.6 is 24.0 Å². The summed E-state index contributed by atoms with van der Waals surface area (Å²) in [4.78, 5) is 6.91. The zero-order valence-electron chi connectivity index (χ0n) is 16.8. The molecule has 2 N–H and O–H groups in total. The van der Waals surface area contributed by atoms with Gasteiger partial charge in [0.2, 0.25) is 0 Å². The highest BCUT2D eigenvalue weighted by Crippen LogP contribution is 2.17. The van der Waals surface area contributed by atoms with E-state index < -0.39 is 0 Å². The van der Waals surface area contributed by atoms with E-state index in [0.29, 0.717) is 12.0 Å². The van der Waals surface area contributed by atoms with Crippen LogP contribution in [0.3, 0.4) is 0 Å². The smallest absolute Gasteiger partial charge is 0.191 e. The molecule has 2 heterocycles. The Balaban J connectivity index is 0.00000338. The third-order valence-corrected chi connectivity index (χ3v) is 5.24. The number of hydrogen-bond acceptors (Lipinski definition) is 4. The van der Waals surface area contributed by atoms with Gasteiger partial charge in [-0.15, -0.1) is 24.0 Å². The highest BCUT2D eigenvalue weighted by atomic mass is 127. The van der Waals surface area contributed by atoms with Gasteiger partial charge in [0, 0.05) is 51.9 Å². The molecule has 2 fully saturated rings. The van der Waals surface area contributed by atoms with Gasteiger partial charge in [-0.3, -0.25) is 9.89 Å². The van der Waals surface area contributed by atoms with Gasteiger partial charge in [0.05, 0.1) is 13.2 Å². The highest BCUT2D eigenvalue weighted by molar-refractivity contribution is 14.0. The van der Waals surface area contributed by atoms with Crippen molar-refractivity contribution in [2.75, 3.05) is 59.7 Å². The summed E-state index contributed by atoms with van der Waals surface area (Å²) in [5, 5.41) is 6.84. The molecule has 0 aliphatic carbocycles. The van der Waals surface area contributed by atoms with Crippen molar-refractivity contribution in [3.8, 4) is 0 Å². The molecule has 0 bridgehead atoms. The third kappa shape index (κ3) is 9.19. The average molecular weight is 482 g/mol. The van der Waals surface area contributed by atoms with Crippen molar-refractivity contribution in [2.45, 2.75) is 45.6 Å². The summed E-state index contributed by atoms with van der Waals surface area (Å²) in [5.41, 5.74) is 0. The van der Waals surface area contributed by atoms with E-state index in [1.165, 1.54) is 25.9 Å². The molecule has 2 aliphatic heterocycles. The summed E-state index contributed by atoms with van der Waals surface area (Å²) in [6.07, 6.45) is 4.83. The van der Waals surface area contributed by atoms with Crippen LogP contribution in [-0.4, -0.2) is 76.6 Å². The van der Waals surface area contributed by atoms with Crippen LogP contribution in [0, 0.1) is 11.8 Å². The van der Waals surface area contributed by atoms with Crippen LogP contribution in [0.25, 0.3) is 0 Å². The predicted octanol–water partition coefficient (Wildman–Crippen LogP) is 2.33. The summed E-state index contributed by atoms with van der Waals surface area (Å²) in [6, 6.07) is 0.540. The molecule has 2 rings (SSSR count). The van der Waals surface area contributed by atoms with Crippen LogP contribution in [0.1, 0.15) is 39.5 Å². The van der Waals surface area contributed by atoms with Crippen LogP contribution in [0.5, 0.6) is 0 Å². The minimum Gasteiger partial charge on any atom is -0.381 e. The summed E-state index contributed by atoms with van der Waals surface area (Å²) in [6.45, 7) is 12.3. The number of nitrogens with zero attached hydrogens (tertiary/aromatic N) is 2. The SMILES string of the molecule is CN=C(NCCCOCC1CCOC1)NCC(C)N1CCCC(C)C1.I. The molecule has 6 nitrogen and oxygen atoms in total. The Labute approximate surface area is 176 Å². The van der Waals surface area contributed by atoms with Crippen molar-refractivity contribution >= 4 is 29.9 Å². The standard InChI is InChI=1S/C19H38N4O2.HI/c1-16-6-4-9-23(13-16)17(2)12-22-19(20-3)21-8-5-10-24-14-18-7-11-25-15-18;/h16-18H,4-15H2,1-3H3,(H2,20,21,22);1H. The summed E-state index contributed by atoms with van der Waals surface area (Å²) in [7, 11) is 1.83. The fraction of sp³-hybridized carbons (Fsp3) is 0.947. The Bertz CT molecular complexity index is 392. The summed E-state index contributed by atoms with van der Waals surface area (Å²) in [5.74, 6) is 2.31. The second-order valence-electron chi connectivity index (χ2n) is 7.63. The van der Waals surface area contributed by atoms with Gasteiger partial charge < -0.3 is 20.1 Å². The lowest BCUT2D eigenvalue weighted by molar-refractivity contribution is 0.0888. The minimum atomic E-state index is 0. The second-order valence-corrected chi connectivity index (χ2v) is 7.63. The Kier molecular flexibility index (Phi) is 12.8. The van der Waals surface area contributed by atoms with Crippen molar-refractivity contribution in [3.63, 3.8) is 0 Å². The van der Waals surface area contributed by atoms with Crippen LogP contribution in [0.2, 0.25) is 0 Å². The maximum atomic E-state index is 5.73. The van der Waals surface area contributed by atoms with Gasteiger partial charge in [-0.2, -0.15) is 0 Å². The lowest BCUT2D eigenvalue weighted by atomic mass is 9.99. The molecule has 0 spiro atoms. The Morgan fingerprint density at radius 1 is 1.35 bits per heavy atom. The lowest BCUT2D eigenvalue weighted by Crippen LogP contribution is -2.48. The van der Waals surface area contributed by atoms with E-state index in [0.717, 1.165) is 64.2 Å². The van der Waals surface area contributed by atoms with Crippen molar-refractivity contribution in [1.82, 2.24) is 15.5 Å². The third-order valence-electron chi connectivity index (χ3n) is 5.24. The molecule has 154 valence electrons. The van der Waals surface area contributed by atoms with Crippen molar-refractivity contribution in [2.24, 2.45) is 16.8 Å². The fourth-order valence-corrected chi connectivity index (χ4v) is 3.57. The van der Waals surface area contributed by atoms with Gasteiger partial charge in [-0.05, 0) is 45.1 Å². The Morgan fingerprint density at radius 2 is 2.19 bits per heavy atom. The van der Waals surface area contributed by atoms with Gasteiger partial charge in [0.1, 0.15) is 0 Å². The topological polar surface area (TPSA) is 58.1 Å². The van der Waals surface area contributed by atoms with Gasteiger partial charge in [-0.1, -0.05) is 6.92 Å². The van der Waals surface area contributed by atoms with E-state index in [9.17, 15) is 0 Å². The molecular weight excluding hydrogens is 443 g/mol. The van der Waals surface area contributed by atoms with E-state index >= 15 is 0 Å². The van der Waals surface area contributed by atoms with Gasteiger partial charge in [-0.25, -0.2) is 0 Å². The molecule has 0 radical (unpaired) electrons. The summed E-state index contributed by atoms with van der Waals surface area (Å²) >= 11 is 0. The number of aliphatic imine (C=N–C) groups is 1. The van der Waals surface area contributed by atoms with Crippen LogP contribution in [0.4, 0.5) is 0 Å². The molecular formula is C19H39IN4O2. The first-order chi connectivity index (χ1) is 12.2. The van der Waals surface area contributed by atoms with Crippen molar-refractivity contribution < 1.29 is 9.47 Å². The monoisotopic (exact) mass is 482 g/mol. The largest absolute Gasteiger partial charge is 0.381 e. The Hall–Kier alpha value is -0.120. The Morgan fingerprint density at radius 3 is 2.88 bits per heavy atom. The molecule has 26 heavy (non-hydrogen) atoms. The first-order valence-electron chi connectivity index (χ1n) is 10.0. The number of piperidine rings is 1. The zero-order valence-corrected chi connectivity index (χ0v) is 19.2. The van der Waals surface area contributed by atoms with Crippen LogP contribution in [-0.2, 0) is 9.47 Å². The molecule has 2 aliphatic rings. The average Bonchev–Trinajstić information content (AvgIpc) is 3.13. The molecule has 0 aromatic heterocycles. The van der Waals surface area contributed by atoms with E-state index in [2.05, 4.69) is 34.4 Å². The first kappa shape index (κ1) is 23.9. The number of nitrogens with one attached hydrogen (secondary N) is 2. The maximum Gasteiger partial charge on any atom is 0.191 e. The van der Waals surface area contributed by atoms with E-state index in [-0.39, 0.29) is 24.0 Å². The van der Waals surface area contributed by atoms with E-state index in [1.807, 2.05) is 7.05 Å². The molecule has 2 saturated heterocycles. The number of guanidine groups is 1. The van der Waals surface area contributed by atoms with Crippen LogP contribution < -0.4 is 10.6 Å². The highest BCUT2D eigenvalue weighted by Gasteiger charge is 2.20. The van der Waals surface area contributed by atoms with Gasteiger partial charge >= 0.3 is 0 Å². The minimum absolute atomic E-state index is 0. The number of rotatable bonds is 9.